The Morgan fingerprint density at radius 2 is 2.00 bits per heavy atom. The SMILES string of the molecule is COCCNC(=O)c1ccc(CSc2nc(C)cc(N3CCN(C(C)=O)CC3)n2)o1. The first kappa shape index (κ1) is 22.1. The molecule has 1 fully saturated rings. The van der Waals surface area contributed by atoms with E-state index in [4.69, 9.17) is 9.15 Å². The van der Waals surface area contributed by atoms with Crippen molar-refractivity contribution >= 4 is 29.4 Å². The summed E-state index contributed by atoms with van der Waals surface area (Å²) in [5, 5.41) is 3.38. The molecule has 3 heterocycles. The second-order valence-corrected chi connectivity index (χ2v) is 7.89. The van der Waals surface area contributed by atoms with E-state index in [2.05, 4.69) is 20.2 Å². The molecule has 0 radical (unpaired) electrons. The highest BCUT2D eigenvalue weighted by atomic mass is 32.2. The third-order valence-electron chi connectivity index (χ3n) is 4.69. The summed E-state index contributed by atoms with van der Waals surface area (Å²) in [7, 11) is 1.58. The number of hydrogen-bond acceptors (Lipinski definition) is 8. The minimum absolute atomic E-state index is 0.106. The second-order valence-electron chi connectivity index (χ2n) is 6.95. The molecule has 30 heavy (non-hydrogen) atoms. The van der Waals surface area contributed by atoms with Crippen molar-refractivity contribution in [2.45, 2.75) is 24.8 Å². The summed E-state index contributed by atoms with van der Waals surface area (Å²) in [4.78, 5) is 36.7. The smallest absolute Gasteiger partial charge is 0.287 e. The van der Waals surface area contributed by atoms with Gasteiger partial charge in [0.25, 0.3) is 5.91 Å². The van der Waals surface area contributed by atoms with Gasteiger partial charge in [-0.25, -0.2) is 9.97 Å². The highest BCUT2D eigenvalue weighted by Crippen LogP contribution is 2.24. The van der Waals surface area contributed by atoms with Crippen LogP contribution in [0.4, 0.5) is 5.82 Å². The first-order chi connectivity index (χ1) is 14.5. The maximum absolute atomic E-state index is 12.0. The third-order valence-corrected chi connectivity index (χ3v) is 5.56. The van der Waals surface area contributed by atoms with Crippen molar-refractivity contribution in [1.82, 2.24) is 20.2 Å². The van der Waals surface area contributed by atoms with Gasteiger partial charge in [0, 0.05) is 58.5 Å². The molecule has 0 aliphatic carbocycles. The predicted molar refractivity (Wildman–Crippen MR) is 114 cm³/mol. The highest BCUT2D eigenvalue weighted by Gasteiger charge is 2.20. The van der Waals surface area contributed by atoms with Gasteiger partial charge in [-0.2, -0.15) is 0 Å². The molecular weight excluding hydrogens is 406 g/mol. The number of hydrogen-bond donors (Lipinski definition) is 1. The quantitative estimate of drug-likeness (QED) is 0.382. The van der Waals surface area contributed by atoms with E-state index in [1.807, 2.05) is 17.9 Å². The van der Waals surface area contributed by atoms with Crippen LogP contribution < -0.4 is 10.2 Å². The Morgan fingerprint density at radius 3 is 2.70 bits per heavy atom. The van der Waals surface area contributed by atoms with Crippen LogP contribution in [0.15, 0.2) is 27.8 Å². The molecule has 2 aromatic rings. The minimum Gasteiger partial charge on any atom is -0.455 e. The summed E-state index contributed by atoms with van der Waals surface area (Å²) in [5.74, 6) is 2.18. The molecule has 1 saturated heterocycles. The Hall–Kier alpha value is -2.59. The molecule has 0 aromatic carbocycles. The van der Waals surface area contributed by atoms with Gasteiger partial charge in [-0.15, -0.1) is 0 Å². The molecule has 1 N–H and O–H groups in total. The molecule has 0 saturated carbocycles. The number of piperazine rings is 1. The Balaban J connectivity index is 1.57. The standard InChI is InChI=1S/C20H27N5O4S/c1-14-12-18(25-9-7-24(8-10-25)15(2)26)23-20(22-14)30-13-16-4-5-17(29-16)19(27)21-6-11-28-3/h4-5,12H,6-11,13H2,1-3H3,(H,21,27). The van der Waals surface area contributed by atoms with Gasteiger partial charge in [-0.1, -0.05) is 11.8 Å². The molecule has 2 aromatic heterocycles. The largest absolute Gasteiger partial charge is 0.455 e. The van der Waals surface area contributed by atoms with Crippen LogP contribution in [-0.2, 0) is 15.3 Å². The number of nitrogens with zero attached hydrogens (tertiary/aromatic N) is 4. The maximum Gasteiger partial charge on any atom is 0.287 e. The zero-order chi connectivity index (χ0) is 21.5. The van der Waals surface area contributed by atoms with Crippen LogP contribution in [-0.4, -0.2) is 73.1 Å². The number of aromatic nitrogens is 2. The van der Waals surface area contributed by atoms with Crippen molar-refractivity contribution in [3.8, 4) is 0 Å². The van der Waals surface area contributed by atoms with E-state index in [9.17, 15) is 9.59 Å². The average Bonchev–Trinajstić information content (AvgIpc) is 3.21. The van der Waals surface area contributed by atoms with Crippen LogP contribution in [0.2, 0.25) is 0 Å². The minimum atomic E-state index is -0.262. The number of ether oxygens (including phenoxy) is 1. The van der Waals surface area contributed by atoms with Gasteiger partial charge >= 0.3 is 0 Å². The van der Waals surface area contributed by atoms with Gasteiger partial charge < -0.3 is 24.3 Å². The molecule has 1 aliphatic rings. The first-order valence-corrected chi connectivity index (χ1v) is 10.8. The maximum atomic E-state index is 12.0. The van der Waals surface area contributed by atoms with Crippen LogP contribution in [0.3, 0.4) is 0 Å². The molecule has 0 spiro atoms. The van der Waals surface area contributed by atoms with Gasteiger partial charge in [-0.05, 0) is 19.1 Å². The average molecular weight is 434 g/mol. The van der Waals surface area contributed by atoms with Crippen molar-refractivity contribution in [3.63, 3.8) is 0 Å². The van der Waals surface area contributed by atoms with Crippen LogP contribution in [0.1, 0.15) is 28.9 Å². The van der Waals surface area contributed by atoms with Crippen molar-refractivity contribution in [3.05, 3.63) is 35.4 Å². The van der Waals surface area contributed by atoms with Gasteiger partial charge in [0.15, 0.2) is 10.9 Å². The van der Waals surface area contributed by atoms with Gasteiger partial charge in [0.1, 0.15) is 11.6 Å². The van der Waals surface area contributed by atoms with Gasteiger partial charge in [-0.3, -0.25) is 9.59 Å². The molecule has 2 amide bonds. The number of rotatable bonds is 8. The van der Waals surface area contributed by atoms with Crippen LogP contribution in [0.5, 0.6) is 0 Å². The van der Waals surface area contributed by atoms with Gasteiger partial charge in [0.05, 0.1) is 12.4 Å². The lowest BCUT2D eigenvalue weighted by Gasteiger charge is -2.35. The first-order valence-electron chi connectivity index (χ1n) is 9.81. The Kier molecular flexibility index (Phi) is 7.69. The van der Waals surface area contributed by atoms with Crippen molar-refractivity contribution in [2.24, 2.45) is 0 Å². The fourth-order valence-electron chi connectivity index (χ4n) is 3.07. The predicted octanol–water partition coefficient (Wildman–Crippen LogP) is 1.72. The number of anilines is 1. The van der Waals surface area contributed by atoms with E-state index in [-0.39, 0.29) is 17.6 Å². The molecule has 3 rings (SSSR count). The van der Waals surface area contributed by atoms with E-state index >= 15 is 0 Å². The van der Waals surface area contributed by atoms with E-state index in [0.29, 0.717) is 42.9 Å². The number of aryl methyl sites for hydroxylation is 1. The van der Waals surface area contributed by atoms with Crippen LogP contribution in [0, 0.1) is 6.92 Å². The number of nitrogens with one attached hydrogen (secondary N) is 1. The molecular formula is C20H27N5O4S. The number of carbonyl (C=O) groups is 2. The number of methoxy groups -OCH3 is 1. The normalized spacial score (nSPS) is 14.1. The summed E-state index contributed by atoms with van der Waals surface area (Å²) < 4.78 is 10.5. The van der Waals surface area contributed by atoms with E-state index in [0.717, 1.165) is 24.6 Å². The second kappa shape index (κ2) is 10.4. The monoisotopic (exact) mass is 433 g/mol. The van der Waals surface area contributed by atoms with Crippen molar-refractivity contribution in [2.75, 3.05) is 51.3 Å². The van der Waals surface area contributed by atoms with E-state index in [1.165, 1.54) is 11.8 Å². The lowest BCUT2D eigenvalue weighted by Crippen LogP contribution is -2.48. The number of thioether (sulfide) groups is 1. The lowest BCUT2D eigenvalue weighted by molar-refractivity contribution is -0.129. The Bertz CT molecular complexity index is 880. The van der Waals surface area contributed by atoms with Crippen LogP contribution >= 0.6 is 11.8 Å². The fourth-order valence-corrected chi connectivity index (χ4v) is 3.86. The zero-order valence-corrected chi connectivity index (χ0v) is 18.3. The summed E-state index contributed by atoms with van der Waals surface area (Å²) in [5.41, 5.74) is 0.883. The molecule has 0 atom stereocenters. The highest BCUT2D eigenvalue weighted by molar-refractivity contribution is 7.98. The summed E-state index contributed by atoms with van der Waals surface area (Å²) >= 11 is 1.46. The Morgan fingerprint density at radius 1 is 1.23 bits per heavy atom. The fraction of sp³-hybridized carbons (Fsp3) is 0.500. The molecule has 0 bridgehead atoms. The summed E-state index contributed by atoms with van der Waals surface area (Å²) in [6, 6.07) is 5.41. The van der Waals surface area contributed by atoms with Gasteiger partial charge in [0.2, 0.25) is 5.91 Å². The number of amides is 2. The molecule has 9 nitrogen and oxygen atoms in total. The van der Waals surface area contributed by atoms with Crippen molar-refractivity contribution < 1.29 is 18.7 Å². The molecule has 162 valence electrons. The van der Waals surface area contributed by atoms with E-state index in [1.54, 1.807) is 26.2 Å². The molecule has 0 unspecified atom stereocenters. The summed E-state index contributed by atoms with van der Waals surface area (Å²) in [6.07, 6.45) is 0. The van der Waals surface area contributed by atoms with Crippen LogP contribution in [0.25, 0.3) is 0 Å². The zero-order valence-electron chi connectivity index (χ0n) is 17.5. The molecule has 1 aliphatic heterocycles. The number of carbonyl (C=O) groups excluding carboxylic acids is 2. The van der Waals surface area contributed by atoms with E-state index < -0.39 is 0 Å². The third kappa shape index (κ3) is 5.96. The molecule has 10 heteroatoms. The topological polar surface area (TPSA) is 101 Å². The summed E-state index contributed by atoms with van der Waals surface area (Å²) in [6.45, 7) is 7.32. The number of furan rings is 1. The lowest BCUT2D eigenvalue weighted by atomic mass is 10.3. The van der Waals surface area contributed by atoms with Crippen molar-refractivity contribution in [1.29, 1.82) is 0 Å². The Labute approximate surface area is 180 Å².